The minimum Gasteiger partial charge on any atom is -0.342 e. The Bertz CT molecular complexity index is 355. The summed E-state index contributed by atoms with van der Waals surface area (Å²) in [5, 5.41) is 0. The van der Waals surface area contributed by atoms with Crippen LogP contribution in [0, 0.1) is 23.7 Å². The van der Waals surface area contributed by atoms with E-state index in [1.54, 1.807) is 0 Å². The van der Waals surface area contributed by atoms with Crippen molar-refractivity contribution in [3.8, 4) is 0 Å². The summed E-state index contributed by atoms with van der Waals surface area (Å²) in [5.74, 6) is 2.90. The SMILES string of the molecule is CCC1CCC(C(=O)N2CC3CCCC(N)C3C2)CC1.Cl. The molecule has 0 aromatic heterocycles. The van der Waals surface area contributed by atoms with Gasteiger partial charge in [-0.3, -0.25) is 4.79 Å². The van der Waals surface area contributed by atoms with E-state index in [-0.39, 0.29) is 12.4 Å². The Hall–Kier alpha value is -0.280. The summed E-state index contributed by atoms with van der Waals surface area (Å²) in [7, 11) is 0. The second-order valence-corrected chi connectivity index (χ2v) is 7.39. The number of nitrogens with zero attached hydrogens (tertiary/aromatic N) is 1. The predicted molar refractivity (Wildman–Crippen MR) is 88.4 cm³/mol. The summed E-state index contributed by atoms with van der Waals surface area (Å²) in [6.45, 7) is 4.21. The van der Waals surface area contributed by atoms with Crippen molar-refractivity contribution in [1.82, 2.24) is 4.90 Å². The van der Waals surface area contributed by atoms with E-state index in [2.05, 4.69) is 11.8 Å². The van der Waals surface area contributed by atoms with E-state index in [1.807, 2.05) is 0 Å². The van der Waals surface area contributed by atoms with Crippen molar-refractivity contribution in [2.75, 3.05) is 13.1 Å². The zero-order chi connectivity index (χ0) is 14.1. The van der Waals surface area contributed by atoms with Gasteiger partial charge in [0.2, 0.25) is 5.91 Å². The second kappa shape index (κ2) is 7.32. The molecule has 1 heterocycles. The molecule has 0 spiro atoms. The lowest BCUT2D eigenvalue weighted by Crippen LogP contribution is -2.39. The molecule has 3 unspecified atom stereocenters. The van der Waals surface area contributed by atoms with Gasteiger partial charge < -0.3 is 10.6 Å². The van der Waals surface area contributed by atoms with Crippen LogP contribution in [-0.2, 0) is 4.79 Å². The van der Waals surface area contributed by atoms with Crippen molar-refractivity contribution in [1.29, 1.82) is 0 Å². The van der Waals surface area contributed by atoms with Crippen LogP contribution in [0.3, 0.4) is 0 Å². The van der Waals surface area contributed by atoms with Gasteiger partial charge in [0.1, 0.15) is 0 Å². The van der Waals surface area contributed by atoms with Crippen molar-refractivity contribution < 1.29 is 4.79 Å². The van der Waals surface area contributed by atoms with Crippen LogP contribution < -0.4 is 5.73 Å². The Labute approximate surface area is 135 Å². The monoisotopic (exact) mass is 314 g/mol. The third kappa shape index (κ3) is 3.56. The Morgan fingerprint density at radius 1 is 1.10 bits per heavy atom. The molecule has 2 aliphatic carbocycles. The zero-order valence-corrected chi connectivity index (χ0v) is 14.1. The van der Waals surface area contributed by atoms with Crippen molar-refractivity contribution in [3.05, 3.63) is 0 Å². The number of likely N-dealkylation sites (tertiary alicyclic amines) is 1. The molecule has 0 aromatic rings. The van der Waals surface area contributed by atoms with Gasteiger partial charge in [-0.2, -0.15) is 0 Å². The molecule has 3 nitrogen and oxygen atoms in total. The smallest absolute Gasteiger partial charge is 0.225 e. The summed E-state index contributed by atoms with van der Waals surface area (Å²) in [5.41, 5.74) is 6.26. The van der Waals surface area contributed by atoms with Gasteiger partial charge in [-0.15, -0.1) is 12.4 Å². The number of halogens is 1. The maximum Gasteiger partial charge on any atom is 0.225 e. The number of rotatable bonds is 2. The van der Waals surface area contributed by atoms with E-state index in [0.717, 1.165) is 38.3 Å². The van der Waals surface area contributed by atoms with E-state index < -0.39 is 0 Å². The molecule has 122 valence electrons. The van der Waals surface area contributed by atoms with Crippen LogP contribution >= 0.6 is 12.4 Å². The summed E-state index contributed by atoms with van der Waals surface area (Å²) in [6, 6.07) is 0.336. The number of amides is 1. The zero-order valence-electron chi connectivity index (χ0n) is 13.3. The average Bonchev–Trinajstić information content (AvgIpc) is 2.92. The fourth-order valence-electron chi connectivity index (χ4n) is 4.77. The highest BCUT2D eigenvalue weighted by Gasteiger charge is 2.42. The van der Waals surface area contributed by atoms with Gasteiger partial charge in [-0.05, 0) is 56.3 Å². The third-order valence-electron chi connectivity index (χ3n) is 6.24. The molecular weight excluding hydrogens is 284 g/mol. The maximum atomic E-state index is 12.7. The fourth-order valence-corrected chi connectivity index (χ4v) is 4.77. The van der Waals surface area contributed by atoms with E-state index in [4.69, 9.17) is 5.73 Å². The summed E-state index contributed by atoms with van der Waals surface area (Å²) in [6.07, 6.45) is 9.73. The molecule has 0 bridgehead atoms. The molecule has 4 heteroatoms. The molecule has 2 N–H and O–H groups in total. The van der Waals surface area contributed by atoms with Crippen LogP contribution in [0.15, 0.2) is 0 Å². The highest BCUT2D eigenvalue weighted by molar-refractivity contribution is 5.85. The van der Waals surface area contributed by atoms with Gasteiger partial charge >= 0.3 is 0 Å². The van der Waals surface area contributed by atoms with Gasteiger partial charge in [-0.25, -0.2) is 0 Å². The van der Waals surface area contributed by atoms with Gasteiger partial charge in [0.25, 0.3) is 0 Å². The lowest BCUT2D eigenvalue weighted by molar-refractivity contribution is -0.136. The molecule has 1 saturated heterocycles. The minimum absolute atomic E-state index is 0. The highest BCUT2D eigenvalue weighted by Crippen LogP contribution is 2.38. The van der Waals surface area contributed by atoms with Crippen molar-refractivity contribution in [2.45, 2.75) is 64.3 Å². The third-order valence-corrected chi connectivity index (χ3v) is 6.24. The van der Waals surface area contributed by atoms with Gasteiger partial charge in [-0.1, -0.05) is 19.8 Å². The molecule has 1 aliphatic heterocycles. The quantitative estimate of drug-likeness (QED) is 0.850. The number of carbonyl (C=O) groups excluding carboxylic acids is 1. The molecule has 21 heavy (non-hydrogen) atoms. The van der Waals surface area contributed by atoms with Crippen LogP contribution in [0.1, 0.15) is 58.3 Å². The van der Waals surface area contributed by atoms with E-state index >= 15 is 0 Å². The number of hydrogen-bond acceptors (Lipinski definition) is 2. The standard InChI is InChI=1S/C17H30N2O.ClH/c1-2-12-6-8-13(9-7-12)17(20)19-10-14-4-3-5-16(18)15(14)11-19;/h12-16H,2-11,18H2,1H3;1H. The van der Waals surface area contributed by atoms with Gasteiger partial charge in [0.15, 0.2) is 0 Å². The first-order valence-electron chi connectivity index (χ1n) is 8.73. The Kier molecular flexibility index (Phi) is 5.96. The molecule has 3 rings (SSSR count). The Morgan fingerprint density at radius 2 is 1.81 bits per heavy atom. The average molecular weight is 315 g/mol. The Balaban J connectivity index is 0.00000161. The Morgan fingerprint density at radius 3 is 2.43 bits per heavy atom. The molecular formula is C17H31ClN2O. The van der Waals surface area contributed by atoms with E-state index in [9.17, 15) is 4.79 Å². The first kappa shape index (κ1) is 17.1. The second-order valence-electron chi connectivity index (χ2n) is 7.39. The molecule has 1 amide bonds. The van der Waals surface area contributed by atoms with Crippen LogP contribution in [0.2, 0.25) is 0 Å². The van der Waals surface area contributed by atoms with Gasteiger partial charge in [0.05, 0.1) is 0 Å². The van der Waals surface area contributed by atoms with Crippen LogP contribution in [0.25, 0.3) is 0 Å². The number of carbonyl (C=O) groups is 1. The maximum absolute atomic E-state index is 12.7. The first-order chi connectivity index (χ1) is 9.69. The van der Waals surface area contributed by atoms with Gasteiger partial charge in [0, 0.05) is 25.0 Å². The lowest BCUT2D eigenvalue weighted by atomic mass is 9.78. The van der Waals surface area contributed by atoms with Crippen molar-refractivity contribution in [2.24, 2.45) is 29.4 Å². The van der Waals surface area contributed by atoms with Crippen molar-refractivity contribution >= 4 is 18.3 Å². The molecule has 3 atom stereocenters. The minimum atomic E-state index is 0. The lowest BCUT2D eigenvalue weighted by Gasteiger charge is -2.30. The summed E-state index contributed by atoms with van der Waals surface area (Å²) in [4.78, 5) is 14.9. The molecule has 0 aromatic carbocycles. The number of hydrogen-bond donors (Lipinski definition) is 1. The number of nitrogens with two attached hydrogens (primary N) is 1. The first-order valence-corrected chi connectivity index (χ1v) is 8.73. The highest BCUT2D eigenvalue weighted by atomic mass is 35.5. The largest absolute Gasteiger partial charge is 0.342 e. The van der Waals surface area contributed by atoms with E-state index in [1.165, 1.54) is 32.1 Å². The molecule has 3 aliphatic rings. The predicted octanol–water partition coefficient (Wildman–Crippen LogP) is 3.21. The normalized spacial score (nSPS) is 39.5. The van der Waals surface area contributed by atoms with Crippen LogP contribution in [-0.4, -0.2) is 29.9 Å². The van der Waals surface area contributed by atoms with E-state index in [0.29, 0.717) is 29.7 Å². The fraction of sp³-hybridized carbons (Fsp3) is 0.941. The number of fused-ring (bicyclic) bond motifs is 1. The molecule has 0 radical (unpaired) electrons. The summed E-state index contributed by atoms with van der Waals surface area (Å²) < 4.78 is 0. The molecule has 2 saturated carbocycles. The topological polar surface area (TPSA) is 46.3 Å². The summed E-state index contributed by atoms with van der Waals surface area (Å²) >= 11 is 0. The van der Waals surface area contributed by atoms with Crippen LogP contribution in [0.5, 0.6) is 0 Å². The van der Waals surface area contributed by atoms with Crippen LogP contribution in [0.4, 0.5) is 0 Å². The molecule has 3 fully saturated rings. The van der Waals surface area contributed by atoms with Crippen molar-refractivity contribution in [3.63, 3.8) is 0 Å².